The van der Waals surface area contributed by atoms with Gasteiger partial charge in [0.2, 0.25) is 0 Å². The van der Waals surface area contributed by atoms with Gasteiger partial charge in [0.1, 0.15) is 6.61 Å². The zero-order valence-corrected chi connectivity index (χ0v) is 11.0. The molecule has 0 aliphatic heterocycles. The summed E-state index contributed by atoms with van der Waals surface area (Å²) in [6, 6.07) is 0.946. The molecule has 0 aliphatic rings. The number of carboxylic acids is 1. The number of carbonyl (C=O) groups is 2. The molecule has 1 aromatic rings. The van der Waals surface area contributed by atoms with Crippen molar-refractivity contribution in [3.05, 3.63) is 41.5 Å². The average Bonchev–Trinajstić information content (AvgIpc) is 2.43. The minimum absolute atomic E-state index is 0.166. The van der Waals surface area contributed by atoms with Gasteiger partial charge in [-0.25, -0.2) is 9.59 Å². The fourth-order valence-corrected chi connectivity index (χ4v) is 1.50. The summed E-state index contributed by atoms with van der Waals surface area (Å²) < 4.78 is 42.7. The summed E-state index contributed by atoms with van der Waals surface area (Å²) >= 11 is 0. The van der Waals surface area contributed by atoms with Crippen LogP contribution in [0.3, 0.4) is 0 Å². The third-order valence-electron chi connectivity index (χ3n) is 2.41. The molecule has 22 heavy (non-hydrogen) atoms. The number of halogens is 3. The molecule has 0 fully saturated rings. The van der Waals surface area contributed by atoms with Crippen molar-refractivity contribution in [2.75, 3.05) is 11.9 Å². The Balaban J connectivity index is 3.37. The maximum absolute atomic E-state index is 12.7. The Morgan fingerprint density at radius 1 is 1.45 bits per heavy atom. The van der Waals surface area contributed by atoms with Crippen molar-refractivity contribution in [2.45, 2.75) is 6.18 Å². The molecule has 0 saturated carbocycles. The second kappa shape index (κ2) is 6.67. The number of nitrogens with one attached hydrogen (secondary N) is 1. The molecule has 5 nitrogen and oxygen atoms in total. The molecule has 1 rings (SSSR count). The van der Waals surface area contributed by atoms with Gasteiger partial charge < -0.3 is 9.84 Å². The number of terminal acetylenes is 1. The van der Waals surface area contributed by atoms with E-state index in [9.17, 15) is 22.8 Å². The first-order valence-corrected chi connectivity index (χ1v) is 5.70. The number of alkyl halides is 3. The van der Waals surface area contributed by atoms with Crippen LogP contribution in [0.4, 0.5) is 23.7 Å². The first-order chi connectivity index (χ1) is 10.2. The van der Waals surface area contributed by atoms with Crippen LogP contribution in [-0.2, 0) is 10.9 Å². The Kier molecular flexibility index (Phi) is 5.18. The maximum atomic E-state index is 12.7. The summed E-state index contributed by atoms with van der Waals surface area (Å²) in [5.41, 5.74) is -2.90. The van der Waals surface area contributed by atoms with E-state index in [0.717, 1.165) is 0 Å². The number of hydrogen-bond donors (Lipinski definition) is 2. The maximum Gasteiger partial charge on any atom is 0.416 e. The Labute approximate surface area is 123 Å². The Morgan fingerprint density at radius 2 is 2.09 bits per heavy atom. The minimum atomic E-state index is -4.78. The lowest BCUT2D eigenvalue weighted by Gasteiger charge is -2.14. The summed E-state index contributed by atoms with van der Waals surface area (Å²) in [5, 5.41) is 11.0. The van der Waals surface area contributed by atoms with Crippen molar-refractivity contribution >= 4 is 17.7 Å². The zero-order valence-electron chi connectivity index (χ0n) is 11.0. The second-order valence-electron chi connectivity index (χ2n) is 3.91. The van der Waals surface area contributed by atoms with E-state index >= 15 is 0 Å². The molecule has 0 atom stereocenters. The van der Waals surface area contributed by atoms with Gasteiger partial charge in [-0.05, 0) is 12.1 Å². The van der Waals surface area contributed by atoms with Gasteiger partial charge in [-0.1, -0.05) is 18.6 Å². The van der Waals surface area contributed by atoms with Gasteiger partial charge in [0.15, 0.2) is 0 Å². The van der Waals surface area contributed by atoms with Crippen molar-refractivity contribution in [1.29, 1.82) is 0 Å². The molecular formula is C14H10F3NO4. The SMILES string of the molecule is C#Cc1cc(C(F)(F)F)cc(C(=O)O)c1NC(=O)OCC=C. The van der Waals surface area contributed by atoms with E-state index in [2.05, 4.69) is 11.3 Å². The standard InChI is InChI=1S/C14H10F3NO4/c1-3-5-22-13(21)18-11-8(4-2)6-9(14(15,16)17)7-10(11)12(19)20/h2-3,6-7H,1,5H2,(H,18,21)(H,19,20). The highest BCUT2D eigenvalue weighted by Gasteiger charge is 2.33. The molecule has 0 saturated heterocycles. The quantitative estimate of drug-likeness (QED) is 0.661. The van der Waals surface area contributed by atoms with Crippen LogP contribution in [0.5, 0.6) is 0 Å². The van der Waals surface area contributed by atoms with Crippen LogP contribution in [0, 0.1) is 12.3 Å². The second-order valence-corrected chi connectivity index (χ2v) is 3.91. The lowest BCUT2D eigenvalue weighted by atomic mass is 10.0. The highest BCUT2D eigenvalue weighted by Crippen LogP contribution is 2.34. The lowest BCUT2D eigenvalue weighted by molar-refractivity contribution is -0.137. The number of carbonyl (C=O) groups excluding carboxylic acids is 1. The number of aromatic carboxylic acids is 1. The van der Waals surface area contributed by atoms with Crippen molar-refractivity contribution in [3.8, 4) is 12.3 Å². The van der Waals surface area contributed by atoms with Crippen molar-refractivity contribution < 1.29 is 32.6 Å². The third kappa shape index (κ3) is 4.02. The van der Waals surface area contributed by atoms with Gasteiger partial charge in [0, 0.05) is 5.56 Å². The van der Waals surface area contributed by atoms with Gasteiger partial charge in [0.25, 0.3) is 0 Å². The molecule has 1 aromatic carbocycles. The van der Waals surface area contributed by atoms with Crippen LogP contribution in [0.1, 0.15) is 21.5 Å². The molecular weight excluding hydrogens is 303 g/mol. The number of anilines is 1. The molecule has 2 N–H and O–H groups in total. The number of carboxylic acid groups (broad SMARTS) is 1. The molecule has 0 unspecified atom stereocenters. The molecule has 0 aliphatic carbocycles. The predicted molar refractivity (Wildman–Crippen MR) is 71.5 cm³/mol. The van der Waals surface area contributed by atoms with Crippen molar-refractivity contribution in [2.24, 2.45) is 0 Å². The average molecular weight is 313 g/mol. The van der Waals surface area contributed by atoms with Gasteiger partial charge in [-0.3, -0.25) is 5.32 Å². The van der Waals surface area contributed by atoms with Gasteiger partial charge in [0.05, 0.1) is 16.8 Å². The Hall–Kier alpha value is -2.95. The fourth-order valence-electron chi connectivity index (χ4n) is 1.50. The minimum Gasteiger partial charge on any atom is -0.478 e. The molecule has 1 amide bonds. The van der Waals surface area contributed by atoms with Crippen LogP contribution < -0.4 is 5.32 Å². The molecule has 116 valence electrons. The van der Waals surface area contributed by atoms with Gasteiger partial charge in [-0.2, -0.15) is 13.2 Å². The smallest absolute Gasteiger partial charge is 0.416 e. The fraction of sp³-hybridized carbons (Fsp3) is 0.143. The number of rotatable bonds is 4. The molecule has 8 heteroatoms. The summed E-state index contributed by atoms with van der Waals surface area (Å²) in [5.74, 6) is 0.232. The molecule has 0 radical (unpaired) electrons. The van der Waals surface area contributed by atoms with Crippen LogP contribution in [0.15, 0.2) is 24.8 Å². The molecule has 0 aromatic heterocycles. The van der Waals surface area contributed by atoms with Crippen molar-refractivity contribution in [1.82, 2.24) is 0 Å². The largest absolute Gasteiger partial charge is 0.478 e. The predicted octanol–water partition coefficient (Wildman–Crippen LogP) is 3.12. The molecule has 0 spiro atoms. The normalized spacial score (nSPS) is 10.5. The molecule has 0 bridgehead atoms. The van der Waals surface area contributed by atoms with Gasteiger partial charge in [-0.15, -0.1) is 6.42 Å². The van der Waals surface area contributed by atoms with E-state index in [1.807, 2.05) is 11.2 Å². The van der Waals surface area contributed by atoms with E-state index in [4.69, 9.17) is 11.5 Å². The van der Waals surface area contributed by atoms with E-state index in [0.29, 0.717) is 12.1 Å². The van der Waals surface area contributed by atoms with Crippen molar-refractivity contribution in [3.63, 3.8) is 0 Å². The van der Waals surface area contributed by atoms with E-state index in [-0.39, 0.29) is 6.61 Å². The van der Waals surface area contributed by atoms with Gasteiger partial charge >= 0.3 is 18.2 Å². The number of hydrogen-bond acceptors (Lipinski definition) is 3. The summed E-state index contributed by atoms with van der Waals surface area (Å²) in [6.07, 6.45) is 0.495. The number of benzene rings is 1. The van der Waals surface area contributed by atoms with Crippen LogP contribution >= 0.6 is 0 Å². The summed E-state index contributed by atoms with van der Waals surface area (Å²) in [6.45, 7) is 3.13. The topological polar surface area (TPSA) is 75.6 Å². The van der Waals surface area contributed by atoms with E-state index in [1.54, 1.807) is 0 Å². The van der Waals surface area contributed by atoms with Crippen LogP contribution in [0.2, 0.25) is 0 Å². The number of amides is 1. The monoisotopic (exact) mass is 313 g/mol. The first kappa shape index (κ1) is 17.1. The number of ether oxygens (including phenoxy) is 1. The third-order valence-corrected chi connectivity index (χ3v) is 2.41. The zero-order chi connectivity index (χ0) is 16.9. The Morgan fingerprint density at radius 3 is 2.55 bits per heavy atom. The van der Waals surface area contributed by atoms with E-state index in [1.165, 1.54) is 6.08 Å². The Bertz CT molecular complexity index is 659. The summed E-state index contributed by atoms with van der Waals surface area (Å²) in [7, 11) is 0. The highest BCUT2D eigenvalue weighted by atomic mass is 19.4. The first-order valence-electron chi connectivity index (χ1n) is 5.70. The van der Waals surface area contributed by atoms with Crippen LogP contribution in [-0.4, -0.2) is 23.8 Å². The summed E-state index contributed by atoms with van der Waals surface area (Å²) in [4.78, 5) is 22.6. The molecule has 0 heterocycles. The van der Waals surface area contributed by atoms with Crippen LogP contribution in [0.25, 0.3) is 0 Å². The highest BCUT2D eigenvalue weighted by molar-refractivity contribution is 6.00. The van der Waals surface area contributed by atoms with E-state index < -0.39 is 40.6 Å². The lowest BCUT2D eigenvalue weighted by Crippen LogP contribution is -2.18.